The van der Waals surface area contributed by atoms with E-state index in [0.29, 0.717) is 24.9 Å². The molecule has 2 aromatic rings. The van der Waals surface area contributed by atoms with Crippen LogP contribution in [0.5, 0.6) is 0 Å². The van der Waals surface area contributed by atoms with Crippen LogP contribution >= 0.6 is 11.8 Å². The maximum Gasteiger partial charge on any atom is 0.343 e. The molecule has 1 atom stereocenters. The molecule has 2 saturated heterocycles. The van der Waals surface area contributed by atoms with Gasteiger partial charge >= 0.3 is 5.97 Å². The minimum absolute atomic E-state index is 0.0141. The van der Waals surface area contributed by atoms with Crippen LogP contribution in [0.15, 0.2) is 54.6 Å². The van der Waals surface area contributed by atoms with Crippen LogP contribution in [-0.4, -0.2) is 46.3 Å². The Labute approximate surface area is 161 Å². The van der Waals surface area contributed by atoms with Crippen LogP contribution in [0.25, 0.3) is 11.1 Å². The van der Waals surface area contributed by atoms with E-state index in [1.54, 1.807) is 17.0 Å². The summed E-state index contributed by atoms with van der Waals surface area (Å²) in [5.41, 5.74) is 2.59. The summed E-state index contributed by atoms with van der Waals surface area (Å²) in [6, 6.07) is 17.1. The highest BCUT2D eigenvalue weighted by atomic mass is 32.2. The van der Waals surface area contributed by atoms with E-state index < -0.39 is 10.8 Å². The number of esters is 1. The van der Waals surface area contributed by atoms with Crippen LogP contribution in [0, 0.1) is 0 Å². The fraction of sp³-hybridized carbons (Fsp3) is 0.286. The van der Waals surface area contributed by atoms with Crippen molar-refractivity contribution in [2.75, 3.05) is 18.9 Å². The summed E-state index contributed by atoms with van der Waals surface area (Å²) in [6.45, 7) is 0.251. The Morgan fingerprint density at radius 1 is 1.04 bits per heavy atom. The first kappa shape index (κ1) is 17.8. The van der Waals surface area contributed by atoms with Gasteiger partial charge in [0.2, 0.25) is 5.91 Å². The second kappa shape index (κ2) is 7.19. The monoisotopic (exact) mass is 381 g/mol. The van der Waals surface area contributed by atoms with Crippen molar-refractivity contribution < 1.29 is 19.1 Å². The minimum atomic E-state index is -0.922. The minimum Gasteiger partial charge on any atom is -0.455 e. The molecule has 2 aliphatic heterocycles. The molecule has 138 valence electrons. The van der Waals surface area contributed by atoms with E-state index in [2.05, 4.69) is 0 Å². The number of carbonyl (C=O) groups excluding carboxylic acids is 3. The van der Waals surface area contributed by atoms with Gasteiger partial charge in [-0.25, -0.2) is 4.79 Å². The zero-order chi connectivity index (χ0) is 18.9. The van der Waals surface area contributed by atoms with Gasteiger partial charge in [0.15, 0.2) is 17.3 Å². The molecule has 2 fully saturated rings. The quantitative estimate of drug-likeness (QED) is 0.588. The molecular weight excluding hydrogens is 362 g/mol. The van der Waals surface area contributed by atoms with Gasteiger partial charge in [0.1, 0.15) is 0 Å². The lowest BCUT2D eigenvalue weighted by Crippen LogP contribution is -2.46. The second-order valence-electron chi connectivity index (χ2n) is 6.62. The van der Waals surface area contributed by atoms with Gasteiger partial charge in [-0.05, 0) is 17.5 Å². The molecule has 6 heteroatoms. The number of hydrogen-bond donors (Lipinski definition) is 0. The Bertz CT molecular complexity index is 881. The van der Waals surface area contributed by atoms with E-state index in [1.807, 2.05) is 42.5 Å². The van der Waals surface area contributed by atoms with Crippen molar-refractivity contribution in [3.63, 3.8) is 0 Å². The predicted octanol–water partition coefficient (Wildman–Crippen LogP) is 3.15. The second-order valence-corrected chi connectivity index (χ2v) is 7.99. The number of thioether (sulfide) groups is 1. The third kappa shape index (κ3) is 3.25. The number of ketones is 1. The lowest BCUT2D eigenvalue weighted by Gasteiger charge is -2.28. The lowest BCUT2D eigenvalue weighted by molar-refractivity contribution is -0.152. The van der Waals surface area contributed by atoms with E-state index in [4.69, 9.17) is 4.74 Å². The number of fused-ring (bicyclic) bond motifs is 1. The Morgan fingerprint density at radius 3 is 2.48 bits per heavy atom. The molecule has 1 unspecified atom stereocenters. The number of rotatable bonds is 5. The summed E-state index contributed by atoms with van der Waals surface area (Å²) in [5.74, 6) is -0.0291. The first-order valence-corrected chi connectivity index (χ1v) is 9.89. The molecule has 0 saturated carbocycles. The summed E-state index contributed by atoms with van der Waals surface area (Å²) in [4.78, 5) is 37.6. The summed E-state index contributed by atoms with van der Waals surface area (Å²) in [5, 5.41) is 0. The fourth-order valence-corrected chi connectivity index (χ4v) is 4.97. The molecular formula is C21H19NO4S. The maximum absolute atomic E-state index is 12.6. The number of benzene rings is 2. The smallest absolute Gasteiger partial charge is 0.343 e. The van der Waals surface area contributed by atoms with E-state index in [9.17, 15) is 14.4 Å². The van der Waals surface area contributed by atoms with Gasteiger partial charge in [0, 0.05) is 24.3 Å². The topological polar surface area (TPSA) is 63.7 Å². The normalized spacial score (nSPS) is 21.2. The highest BCUT2D eigenvalue weighted by Gasteiger charge is 2.56. The molecule has 2 aromatic carbocycles. The van der Waals surface area contributed by atoms with E-state index in [1.165, 1.54) is 11.8 Å². The van der Waals surface area contributed by atoms with Gasteiger partial charge in [-0.3, -0.25) is 9.59 Å². The molecule has 4 rings (SSSR count). The van der Waals surface area contributed by atoms with Crippen molar-refractivity contribution in [3.05, 3.63) is 60.2 Å². The Morgan fingerprint density at radius 2 is 1.74 bits per heavy atom. The van der Waals surface area contributed by atoms with Crippen LogP contribution in [0.2, 0.25) is 0 Å². The van der Waals surface area contributed by atoms with Crippen LogP contribution in [0.1, 0.15) is 23.2 Å². The molecule has 5 nitrogen and oxygen atoms in total. The number of carbonyl (C=O) groups is 3. The average Bonchev–Trinajstić information content (AvgIpc) is 3.28. The third-order valence-electron chi connectivity index (χ3n) is 5.04. The first-order chi connectivity index (χ1) is 13.1. The summed E-state index contributed by atoms with van der Waals surface area (Å²) >= 11 is 1.44. The van der Waals surface area contributed by atoms with Crippen molar-refractivity contribution in [2.45, 2.75) is 17.7 Å². The van der Waals surface area contributed by atoms with Gasteiger partial charge < -0.3 is 9.64 Å². The SMILES string of the molecule is O=C(COC(=O)C12CCC(=O)N1CCS2)c1ccc(-c2ccccc2)cc1. The van der Waals surface area contributed by atoms with Crippen molar-refractivity contribution in [2.24, 2.45) is 0 Å². The average molecular weight is 381 g/mol. The number of nitrogens with zero attached hydrogens (tertiary/aromatic N) is 1. The fourth-order valence-electron chi connectivity index (χ4n) is 3.59. The molecule has 0 spiro atoms. The van der Waals surface area contributed by atoms with E-state index >= 15 is 0 Å². The molecule has 0 bridgehead atoms. The molecule has 0 radical (unpaired) electrons. The highest BCUT2D eigenvalue weighted by molar-refractivity contribution is 8.01. The Hall–Kier alpha value is -2.60. The molecule has 2 heterocycles. The lowest BCUT2D eigenvalue weighted by atomic mass is 10.0. The molecule has 1 amide bonds. The Balaban J connectivity index is 1.40. The van der Waals surface area contributed by atoms with Gasteiger partial charge in [-0.1, -0.05) is 54.6 Å². The first-order valence-electron chi connectivity index (χ1n) is 8.90. The summed E-state index contributed by atoms with van der Waals surface area (Å²) in [7, 11) is 0. The van der Waals surface area contributed by atoms with Crippen LogP contribution < -0.4 is 0 Å². The highest BCUT2D eigenvalue weighted by Crippen LogP contribution is 2.45. The van der Waals surface area contributed by atoms with Crippen molar-refractivity contribution >= 4 is 29.4 Å². The maximum atomic E-state index is 12.6. The number of amides is 1. The van der Waals surface area contributed by atoms with Crippen LogP contribution in [0.4, 0.5) is 0 Å². The van der Waals surface area contributed by atoms with Gasteiger partial charge in [0.05, 0.1) is 0 Å². The van der Waals surface area contributed by atoms with Crippen LogP contribution in [-0.2, 0) is 14.3 Å². The van der Waals surface area contributed by atoms with Gasteiger partial charge in [-0.2, -0.15) is 0 Å². The van der Waals surface area contributed by atoms with Crippen LogP contribution in [0.3, 0.4) is 0 Å². The van der Waals surface area contributed by atoms with E-state index in [-0.39, 0.29) is 18.3 Å². The standard InChI is InChI=1S/C21H19NO4S/c23-18(17-8-6-16(7-9-17)15-4-2-1-3-5-15)14-26-20(25)21-11-10-19(24)22(21)12-13-27-21/h1-9H,10-14H2. The van der Waals surface area contributed by atoms with Gasteiger partial charge in [0.25, 0.3) is 0 Å². The van der Waals surface area contributed by atoms with Crippen molar-refractivity contribution in [3.8, 4) is 11.1 Å². The van der Waals surface area contributed by atoms with Crippen molar-refractivity contribution in [1.82, 2.24) is 4.90 Å². The number of hydrogen-bond acceptors (Lipinski definition) is 5. The largest absolute Gasteiger partial charge is 0.455 e. The molecule has 0 N–H and O–H groups in total. The van der Waals surface area contributed by atoms with Gasteiger partial charge in [-0.15, -0.1) is 11.8 Å². The Kier molecular flexibility index (Phi) is 4.74. The molecule has 27 heavy (non-hydrogen) atoms. The summed E-state index contributed by atoms with van der Waals surface area (Å²) < 4.78 is 5.31. The zero-order valence-electron chi connectivity index (χ0n) is 14.7. The third-order valence-corrected chi connectivity index (χ3v) is 6.49. The number of Topliss-reactive ketones (excluding diaryl/α,β-unsaturated/α-hetero) is 1. The molecule has 0 aliphatic carbocycles. The predicted molar refractivity (Wildman–Crippen MR) is 103 cm³/mol. The zero-order valence-corrected chi connectivity index (χ0v) is 15.5. The number of ether oxygens (including phenoxy) is 1. The van der Waals surface area contributed by atoms with E-state index in [0.717, 1.165) is 16.9 Å². The molecule has 2 aliphatic rings. The summed E-state index contributed by atoms with van der Waals surface area (Å²) in [6.07, 6.45) is 0.812. The van der Waals surface area contributed by atoms with Crippen molar-refractivity contribution in [1.29, 1.82) is 0 Å². The molecule has 0 aromatic heterocycles.